The highest BCUT2D eigenvalue weighted by molar-refractivity contribution is 5.79. The molecule has 4 aliphatic carbocycles. The lowest BCUT2D eigenvalue weighted by Gasteiger charge is -2.65. The molecule has 0 heterocycles. The predicted molar refractivity (Wildman–Crippen MR) is 190 cm³/mol. The molecule has 1 aromatic carbocycles. The summed E-state index contributed by atoms with van der Waals surface area (Å²) in [6.45, 7) is 9.26. The Morgan fingerprint density at radius 1 is 0.875 bits per heavy atom. The predicted octanol–water partition coefficient (Wildman–Crippen LogP) is 2.74. The van der Waals surface area contributed by atoms with Gasteiger partial charge < -0.3 is 38.1 Å². The number of nitrogens with one attached hydrogen (secondary N) is 3. The topological polar surface area (TPSA) is 169 Å². The third-order valence-electron chi connectivity index (χ3n) is 13.7. The molecular weight excluding hydrogens is 602 g/mol. The first-order valence-electron chi connectivity index (χ1n) is 18.6. The van der Waals surface area contributed by atoms with Crippen molar-refractivity contribution in [2.45, 2.75) is 103 Å². The van der Waals surface area contributed by atoms with E-state index >= 15 is 0 Å². The average Bonchev–Trinajstić information content (AvgIpc) is 3.43. The van der Waals surface area contributed by atoms with E-state index in [0.717, 1.165) is 70.9 Å². The van der Waals surface area contributed by atoms with Gasteiger partial charge in [-0.15, -0.1) is 0 Å². The number of amides is 3. The number of hydrogen-bond donors (Lipinski definition) is 6. The third kappa shape index (κ3) is 7.47. The number of hydrogen-bond acceptors (Lipinski definition) is 7. The van der Waals surface area contributed by atoms with Crippen LogP contribution in [0.3, 0.4) is 0 Å². The quantitative estimate of drug-likeness (QED) is 0.188. The van der Waals surface area contributed by atoms with E-state index in [9.17, 15) is 14.4 Å². The van der Waals surface area contributed by atoms with E-state index in [2.05, 4.69) is 79.0 Å². The number of rotatable bonds is 13. The van der Waals surface area contributed by atoms with Crippen LogP contribution >= 0.6 is 0 Å². The molecule has 9 N–H and O–H groups in total. The van der Waals surface area contributed by atoms with Gasteiger partial charge in [-0.1, -0.05) is 51.1 Å². The van der Waals surface area contributed by atoms with E-state index in [1.54, 1.807) is 0 Å². The normalized spacial score (nSPS) is 36.3. The maximum absolute atomic E-state index is 13.1. The second kappa shape index (κ2) is 15.6. The van der Waals surface area contributed by atoms with E-state index in [-0.39, 0.29) is 66.3 Å². The van der Waals surface area contributed by atoms with Crippen LogP contribution in [0.5, 0.6) is 0 Å². The van der Waals surface area contributed by atoms with Gasteiger partial charge in [0.05, 0.1) is 19.6 Å². The summed E-state index contributed by atoms with van der Waals surface area (Å²) < 4.78 is 0. The average molecular weight is 666 g/mol. The van der Waals surface area contributed by atoms with Crippen molar-refractivity contribution in [2.75, 3.05) is 33.2 Å². The fourth-order valence-corrected chi connectivity index (χ4v) is 11.4. The van der Waals surface area contributed by atoms with Crippen molar-refractivity contribution >= 4 is 17.7 Å². The molecule has 10 heteroatoms. The minimum atomic E-state index is -0.114. The molecule has 48 heavy (non-hydrogen) atoms. The molecular formula is C38H63N7O3. The summed E-state index contributed by atoms with van der Waals surface area (Å²) in [4.78, 5) is 40.7. The maximum atomic E-state index is 13.1. The zero-order chi connectivity index (χ0) is 34.6. The molecule has 4 fully saturated rings. The molecule has 0 radical (unpaired) electrons. The monoisotopic (exact) mass is 665 g/mol. The fraction of sp³-hybridized carbons (Fsp3) is 0.763. The molecule has 10 nitrogen and oxygen atoms in total. The Morgan fingerprint density at radius 3 is 2.23 bits per heavy atom. The second-order valence-corrected chi connectivity index (χ2v) is 16.3. The first kappa shape index (κ1) is 36.7. The Kier molecular flexibility index (Phi) is 11.9. The summed E-state index contributed by atoms with van der Waals surface area (Å²) in [7, 11) is 2.20. The molecule has 0 saturated heterocycles. The highest BCUT2D eigenvalue weighted by Crippen LogP contribution is 2.68. The lowest BCUT2D eigenvalue weighted by molar-refractivity contribution is -0.153. The summed E-state index contributed by atoms with van der Waals surface area (Å²) in [6, 6.07) is 10.8. The van der Waals surface area contributed by atoms with Crippen molar-refractivity contribution in [1.82, 2.24) is 20.9 Å². The Morgan fingerprint density at radius 2 is 1.54 bits per heavy atom. The largest absolute Gasteiger partial charge is 0.352 e. The molecule has 0 aliphatic heterocycles. The van der Waals surface area contributed by atoms with Crippen LogP contribution in [0.25, 0.3) is 0 Å². The first-order valence-corrected chi connectivity index (χ1v) is 18.6. The van der Waals surface area contributed by atoms with E-state index in [1.807, 2.05) is 0 Å². The van der Waals surface area contributed by atoms with Crippen LogP contribution in [0.4, 0.5) is 0 Å². The minimum Gasteiger partial charge on any atom is -0.352 e. The molecule has 0 spiro atoms. The zero-order valence-corrected chi connectivity index (χ0v) is 29.9. The molecule has 3 amide bonds. The molecule has 0 aromatic heterocycles. The molecule has 0 unspecified atom stereocenters. The highest BCUT2D eigenvalue weighted by Gasteiger charge is 2.66. The van der Waals surface area contributed by atoms with Crippen LogP contribution in [0.15, 0.2) is 30.3 Å². The Bertz CT molecular complexity index is 1260. The van der Waals surface area contributed by atoms with Crippen molar-refractivity contribution in [3.63, 3.8) is 0 Å². The van der Waals surface area contributed by atoms with Gasteiger partial charge in [-0.3, -0.25) is 14.4 Å². The Hall–Kier alpha value is -2.53. The molecule has 4 saturated carbocycles. The van der Waals surface area contributed by atoms with Gasteiger partial charge >= 0.3 is 0 Å². The van der Waals surface area contributed by atoms with Gasteiger partial charge in [0.1, 0.15) is 0 Å². The second-order valence-electron chi connectivity index (χ2n) is 16.3. The third-order valence-corrected chi connectivity index (χ3v) is 13.7. The molecule has 0 bridgehead atoms. The van der Waals surface area contributed by atoms with Gasteiger partial charge in [0.25, 0.3) is 0 Å². The van der Waals surface area contributed by atoms with Gasteiger partial charge in [0, 0.05) is 24.7 Å². The van der Waals surface area contributed by atoms with Crippen LogP contribution in [0.1, 0.15) is 84.1 Å². The van der Waals surface area contributed by atoms with Crippen LogP contribution in [-0.4, -0.2) is 74.0 Å². The molecule has 268 valence electrons. The van der Waals surface area contributed by atoms with Gasteiger partial charge in [0.2, 0.25) is 17.7 Å². The summed E-state index contributed by atoms with van der Waals surface area (Å²) in [5, 5.41) is 10.0. The number of nitrogens with two attached hydrogens (primary N) is 3. The van der Waals surface area contributed by atoms with Crippen molar-refractivity contribution in [1.29, 1.82) is 0 Å². The SMILES string of the molecule is C[C@H](CCCN(C)Cc1ccccc1)[C@H]1CC[C@H]2[C@@H]3[C@H](NC(=O)CN)C[C@@H]4C[C@H](NC(=O)CN)CC[C@]4(C)[C@H]3C[C@H](NC(=O)CN)[C@]12C. The van der Waals surface area contributed by atoms with Gasteiger partial charge in [-0.05, 0) is 123 Å². The van der Waals surface area contributed by atoms with E-state index in [1.165, 1.54) is 5.56 Å². The molecule has 4 aliphatic rings. The van der Waals surface area contributed by atoms with Crippen LogP contribution in [0, 0.1) is 46.3 Å². The highest BCUT2D eigenvalue weighted by atomic mass is 16.2. The lowest BCUT2D eigenvalue weighted by atomic mass is 9.42. The van der Waals surface area contributed by atoms with E-state index in [4.69, 9.17) is 17.2 Å². The van der Waals surface area contributed by atoms with Crippen molar-refractivity contribution in [2.24, 2.45) is 63.5 Å². The van der Waals surface area contributed by atoms with E-state index in [0.29, 0.717) is 35.5 Å². The molecule has 5 rings (SSSR count). The van der Waals surface area contributed by atoms with Gasteiger partial charge in [-0.2, -0.15) is 0 Å². The Labute approximate surface area is 288 Å². The summed E-state index contributed by atoms with van der Waals surface area (Å²) in [6.07, 6.45) is 9.07. The summed E-state index contributed by atoms with van der Waals surface area (Å²) in [5.41, 5.74) is 18.7. The van der Waals surface area contributed by atoms with Crippen LogP contribution in [0.2, 0.25) is 0 Å². The van der Waals surface area contributed by atoms with Gasteiger partial charge in [0.15, 0.2) is 0 Å². The number of fused-ring (bicyclic) bond motifs is 5. The standard InChI is InChI=1S/C38H63N7O3/c1-24(9-8-16-45(4)23-25-10-6-5-7-11-25)28-12-13-29-36-30(19-32(38(28,29)3)44-35(48)22-41)37(2)15-14-27(42-33(46)20-39)17-26(37)18-31(36)43-34(47)21-40/h5-7,10-11,24,26-32,36H,8-9,12-23,39-41H2,1-4H3,(H,42,46)(H,43,47)(H,44,48)/t24-,26+,27-,28-,29+,30+,31-,32+,36+,37+,38-/m1/s1. The van der Waals surface area contributed by atoms with Gasteiger partial charge in [-0.25, -0.2) is 0 Å². The molecule has 1 aromatic rings. The van der Waals surface area contributed by atoms with E-state index < -0.39 is 0 Å². The van der Waals surface area contributed by atoms with Crippen molar-refractivity contribution < 1.29 is 14.4 Å². The van der Waals surface area contributed by atoms with Crippen LogP contribution < -0.4 is 33.2 Å². The number of benzene rings is 1. The minimum absolute atomic E-state index is 0.00885. The molecule has 11 atom stereocenters. The smallest absolute Gasteiger partial charge is 0.233 e. The summed E-state index contributed by atoms with van der Waals surface area (Å²) in [5.74, 6) is 1.99. The Balaban J connectivity index is 1.38. The first-order chi connectivity index (χ1) is 22.9. The van der Waals surface area contributed by atoms with Crippen molar-refractivity contribution in [3.8, 4) is 0 Å². The zero-order valence-electron chi connectivity index (χ0n) is 29.9. The number of carbonyl (C=O) groups excluding carboxylic acids is 3. The van der Waals surface area contributed by atoms with Crippen molar-refractivity contribution in [3.05, 3.63) is 35.9 Å². The fourth-order valence-electron chi connectivity index (χ4n) is 11.4. The number of carbonyl (C=O) groups is 3. The van der Waals surface area contributed by atoms with Crippen LogP contribution in [-0.2, 0) is 20.9 Å². The maximum Gasteiger partial charge on any atom is 0.233 e. The lowest BCUT2D eigenvalue weighted by Crippen LogP contribution is -2.68. The number of nitrogens with zero attached hydrogens (tertiary/aromatic N) is 1. The summed E-state index contributed by atoms with van der Waals surface area (Å²) >= 11 is 0.